The molecule has 0 aliphatic heterocycles. The summed E-state index contributed by atoms with van der Waals surface area (Å²) >= 11 is 0. The van der Waals surface area contributed by atoms with Crippen LogP contribution >= 0.6 is 0 Å². The number of anilines is 1. The summed E-state index contributed by atoms with van der Waals surface area (Å²) in [6.45, 7) is 1.83. The van der Waals surface area contributed by atoms with E-state index in [0.717, 1.165) is 16.3 Å². The van der Waals surface area contributed by atoms with Gasteiger partial charge in [0.15, 0.2) is 5.82 Å². The molecule has 0 aliphatic carbocycles. The number of pyridine rings is 1. The predicted octanol–water partition coefficient (Wildman–Crippen LogP) is 3.58. The van der Waals surface area contributed by atoms with Gasteiger partial charge in [0.05, 0.1) is 5.69 Å². The number of nitrogens with one attached hydrogen (secondary N) is 2. The number of benzene rings is 2. The van der Waals surface area contributed by atoms with Crippen LogP contribution in [0.2, 0.25) is 0 Å². The maximum Gasteiger partial charge on any atom is 0.274 e. The van der Waals surface area contributed by atoms with Gasteiger partial charge in [0.25, 0.3) is 5.91 Å². The molecule has 2 aromatic carbocycles. The molecule has 25 heavy (non-hydrogen) atoms. The normalized spacial score (nSPS) is 10.8. The van der Waals surface area contributed by atoms with E-state index in [9.17, 15) is 4.79 Å². The molecule has 0 radical (unpaired) electrons. The number of amides is 1. The van der Waals surface area contributed by atoms with Crippen LogP contribution in [0.5, 0.6) is 0 Å². The lowest BCUT2D eigenvalue weighted by molar-refractivity contribution is 0.102. The number of aryl methyl sites for hydroxylation is 1. The molecule has 4 aromatic rings. The van der Waals surface area contributed by atoms with Crippen molar-refractivity contribution in [2.24, 2.45) is 0 Å². The van der Waals surface area contributed by atoms with E-state index >= 15 is 0 Å². The van der Waals surface area contributed by atoms with Crippen molar-refractivity contribution in [2.75, 3.05) is 5.32 Å². The molecule has 2 N–H and O–H groups in total. The molecule has 0 atom stereocenters. The second-order valence-electron chi connectivity index (χ2n) is 5.62. The summed E-state index contributed by atoms with van der Waals surface area (Å²) in [4.78, 5) is 21.4. The average molecular weight is 329 g/mol. The second kappa shape index (κ2) is 6.16. The Labute approximate surface area is 144 Å². The molecule has 0 bridgehead atoms. The first-order valence-electron chi connectivity index (χ1n) is 7.86. The molecular weight excluding hydrogens is 314 g/mol. The fourth-order valence-corrected chi connectivity index (χ4v) is 2.73. The molecule has 0 saturated heterocycles. The van der Waals surface area contributed by atoms with Gasteiger partial charge in [0.1, 0.15) is 11.5 Å². The smallest absolute Gasteiger partial charge is 0.274 e. The third kappa shape index (κ3) is 2.85. The number of aromatic amines is 1. The summed E-state index contributed by atoms with van der Waals surface area (Å²) in [5.41, 5.74) is 1.78. The van der Waals surface area contributed by atoms with Gasteiger partial charge in [0, 0.05) is 17.1 Å². The van der Waals surface area contributed by atoms with E-state index in [-0.39, 0.29) is 5.91 Å². The highest BCUT2D eigenvalue weighted by atomic mass is 16.1. The van der Waals surface area contributed by atoms with E-state index < -0.39 is 0 Å². The van der Waals surface area contributed by atoms with Gasteiger partial charge in [-0.15, -0.1) is 0 Å². The standard InChI is InChI=1S/C19H15N5O/c1-12-21-18(24-23-12)15-8-4-5-9-16(15)22-19(25)17-14-7-3-2-6-13(14)10-11-20-17/h2-11H,1H3,(H,22,25)(H,21,23,24). The van der Waals surface area contributed by atoms with Crippen LogP contribution in [-0.2, 0) is 0 Å². The summed E-state index contributed by atoms with van der Waals surface area (Å²) in [6.07, 6.45) is 1.64. The van der Waals surface area contributed by atoms with Gasteiger partial charge in [-0.2, -0.15) is 5.10 Å². The van der Waals surface area contributed by atoms with Gasteiger partial charge in [-0.25, -0.2) is 4.98 Å². The maximum absolute atomic E-state index is 12.8. The number of H-pyrrole nitrogens is 1. The van der Waals surface area contributed by atoms with Gasteiger partial charge >= 0.3 is 0 Å². The van der Waals surface area contributed by atoms with Crippen molar-refractivity contribution >= 4 is 22.4 Å². The van der Waals surface area contributed by atoms with Crippen LogP contribution < -0.4 is 5.32 Å². The monoisotopic (exact) mass is 329 g/mol. The highest BCUT2D eigenvalue weighted by Crippen LogP contribution is 2.26. The molecule has 122 valence electrons. The first kappa shape index (κ1) is 15.0. The van der Waals surface area contributed by atoms with E-state index in [0.29, 0.717) is 23.0 Å². The minimum Gasteiger partial charge on any atom is -0.320 e. The van der Waals surface area contributed by atoms with E-state index in [4.69, 9.17) is 0 Å². The molecule has 2 aromatic heterocycles. The Morgan fingerprint density at radius 2 is 1.84 bits per heavy atom. The fraction of sp³-hybridized carbons (Fsp3) is 0.0526. The highest BCUT2D eigenvalue weighted by molar-refractivity contribution is 6.12. The zero-order chi connectivity index (χ0) is 17.2. The van der Waals surface area contributed by atoms with Crippen LogP contribution in [0.1, 0.15) is 16.3 Å². The van der Waals surface area contributed by atoms with E-state index in [1.807, 2.05) is 61.5 Å². The molecule has 2 heterocycles. The summed E-state index contributed by atoms with van der Waals surface area (Å²) in [6, 6.07) is 17.0. The van der Waals surface area contributed by atoms with Crippen LogP contribution in [0.3, 0.4) is 0 Å². The van der Waals surface area contributed by atoms with Crippen molar-refractivity contribution in [2.45, 2.75) is 6.92 Å². The average Bonchev–Trinajstić information content (AvgIpc) is 3.08. The van der Waals surface area contributed by atoms with Crippen LogP contribution in [0.4, 0.5) is 5.69 Å². The minimum atomic E-state index is -0.267. The number of para-hydroxylation sites is 1. The second-order valence-corrected chi connectivity index (χ2v) is 5.62. The zero-order valence-corrected chi connectivity index (χ0v) is 13.5. The number of nitrogens with zero attached hydrogens (tertiary/aromatic N) is 3. The Kier molecular flexibility index (Phi) is 3.70. The SMILES string of the molecule is Cc1nc(-c2ccccc2NC(=O)c2nccc3ccccc23)n[nH]1. The largest absolute Gasteiger partial charge is 0.320 e. The molecule has 0 spiro atoms. The molecule has 6 nitrogen and oxygen atoms in total. The molecule has 0 saturated carbocycles. The molecule has 0 unspecified atom stereocenters. The van der Waals surface area contributed by atoms with Crippen molar-refractivity contribution < 1.29 is 4.79 Å². The Balaban J connectivity index is 1.72. The quantitative estimate of drug-likeness (QED) is 0.602. The van der Waals surface area contributed by atoms with Crippen molar-refractivity contribution in [3.8, 4) is 11.4 Å². The Morgan fingerprint density at radius 3 is 2.68 bits per heavy atom. The predicted molar refractivity (Wildman–Crippen MR) is 96.3 cm³/mol. The Bertz CT molecular complexity index is 1060. The van der Waals surface area contributed by atoms with Gasteiger partial charge in [-0.1, -0.05) is 36.4 Å². The number of rotatable bonds is 3. The molecule has 0 aliphatic rings. The Hall–Kier alpha value is -3.54. The molecular formula is C19H15N5O. The van der Waals surface area contributed by atoms with E-state index in [1.165, 1.54) is 0 Å². The van der Waals surface area contributed by atoms with E-state index in [2.05, 4.69) is 25.5 Å². The van der Waals surface area contributed by atoms with Gasteiger partial charge in [-0.3, -0.25) is 14.9 Å². The van der Waals surface area contributed by atoms with Crippen LogP contribution in [0.25, 0.3) is 22.2 Å². The minimum absolute atomic E-state index is 0.267. The first-order chi connectivity index (χ1) is 12.2. The van der Waals surface area contributed by atoms with E-state index in [1.54, 1.807) is 6.20 Å². The lowest BCUT2D eigenvalue weighted by Gasteiger charge is -2.10. The number of carbonyl (C=O) groups excluding carboxylic acids is 1. The Morgan fingerprint density at radius 1 is 1.04 bits per heavy atom. The van der Waals surface area contributed by atoms with Crippen molar-refractivity contribution in [3.05, 3.63) is 72.3 Å². The molecule has 4 rings (SSSR count). The first-order valence-corrected chi connectivity index (χ1v) is 7.86. The summed E-state index contributed by atoms with van der Waals surface area (Å²) in [5, 5.41) is 11.7. The van der Waals surface area contributed by atoms with Crippen LogP contribution in [0, 0.1) is 6.92 Å². The molecule has 0 fully saturated rings. The molecule has 6 heteroatoms. The third-order valence-corrected chi connectivity index (χ3v) is 3.90. The number of hydrogen-bond donors (Lipinski definition) is 2. The summed E-state index contributed by atoms with van der Waals surface area (Å²) in [5.74, 6) is 0.989. The number of carbonyl (C=O) groups is 1. The van der Waals surface area contributed by atoms with Gasteiger partial charge in [-0.05, 0) is 30.5 Å². The van der Waals surface area contributed by atoms with Crippen molar-refractivity contribution in [3.63, 3.8) is 0 Å². The topological polar surface area (TPSA) is 83.6 Å². The maximum atomic E-state index is 12.8. The van der Waals surface area contributed by atoms with Gasteiger partial charge < -0.3 is 5.32 Å². The summed E-state index contributed by atoms with van der Waals surface area (Å²) < 4.78 is 0. The third-order valence-electron chi connectivity index (χ3n) is 3.90. The van der Waals surface area contributed by atoms with Crippen LogP contribution in [-0.4, -0.2) is 26.1 Å². The van der Waals surface area contributed by atoms with Crippen molar-refractivity contribution in [1.29, 1.82) is 0 Å². The lowest BCUT2D eigenvalue weighted by Crippen LogP contribution is -2.14. The number of fused-ring (bicyclic) bond motifs is 1. The number of hydrogen-bond acceptors (Lipinski definition) is 4. The summed E-state index contributed by atoms with van der Waals surface area (Å²) in [7, 11) is 0. The van der Waals surface area contributed by atoms with Crippen LogP contribution in [0.15, 0.2) is 60.8 Å². The fourth-order valence-electron chi connectivity index (χ4n) is 2.73. The lowest BCUT2D eigenvalue weighted by atomic mass is 10.1. The highest BCUT2D eigenvalue weighted by Gasteiger charge is 2.15. The molecule has 1 amide bonds. The van der Waals surface area contributed by atoms with Crippen molar-refractivity contribution in [1.82, 2.24) is 20.2 Å². The number of aromatic nitrogens is 4. The van der Waals surface area contributed by atoms with Gasteiger partial charge in [0.2, 0.25) is 0 Å². The zero-order valence-electron chi connectivity index (χ0n) is 13.5.